The zero-order chi connectivity index (χ0) is 17.9. The van der Waals surface area contributed by atoms with Gasteiger partial charge in [0.15, 0.2) is 0 Å². The molecule has 0 saturated carbocycles. The number of rotatable bonds is 5. The maximum absolute atomic E-state index is 5.56. The number of hydrogen-bond acceptors (Lipinski definition) is 6. The monoisotopic (exact) mass is 370 g/mol. The Hall–Kier alpha value is -1.89. The molecular weight excluding hydrogens is 344 g/mol. The van der Waals surface area contributed by atoms with Gasteiger partial charge in [0.25, 0.3) is 0 Å². The van der Waals surface area contributed by atoms with Gasteiger partial charge in [0.2, 0.25) is 0 Å². The van der Waals surface area contributed by atoms with Gasteiger partial charge in [-0.05, 0) is 38.5 Å². The minimum absolute atomic E-state index is 0.443. The molecule has 2 aromatic heterocycles. The van der Waals surface area contributed by atoms with E-state index < -0.39 is 0 Å². The normalized spacial score (nSPS) is 19.2. The molecule has 4 rings (SSSR count). The van der Waals surface area contributed by atoms with Crippen molar-refractivity contribution in [2.24, 2.45) is 0 Å². The van der Waals surface area contributed by atoms with E-state index in [1.807, 2.05) is 12.3 Å². The predicted octanol–water partition coefficient (Wildman–Crippen LogP) is 1.47. The van der Waals surface area contributed by atoms with Gasteiger partial charge in [-0.3, -0.25) is 4.98 Å². The Morgan fingerprint density at radius 3 is 3.23 bits per heavy atom. The molecule has 0 amide bonds. The Bertz CT molecular complexity index is 891. The van der Waals surface area contributed by atoms with Gasteiger partial charge in [-0.2, -0.15) is 0 Å². The van der Waals surface area contributed by atoms with E-state index in [1.165, 1.54) is 21.1 Å². The van der Waals surface area contributed by atoms with Crippen LogP contribution in [0.15, 0.2) is 24.4 Å². The van der Waals surface area contributed by atoms with Crippen LogP contribution < -0.4 is 21.2 Å². The molecule has 6 heteroatoms. The molecule has 5 nitrogen and oxygen atoms in total. The van der Waals surface area contributed by atoms with Crippen molar-refractivity contribution in [2.75, 3.05) is 38.2 Å². The van der Waals surface area contributed by atoms with Crippen LogP contribution in [0.2, 0.25) is 0 Å². The van der Waals surface area contributed by atoms with Crippen LogP contribution in [0.25, 0.3) is 11.9 Å². The van der Waals surface area contributed by atoms with E-state index in [2.05, 4.69) is 47.7 Å². The third-order valence-corrected chi connectivity index (χ3v) is 5.90. The largest absolute Gasteiger partial charge is 0.382 e. The van der Waals surface area contributed by atoms with E-state index in [1.54, 1.807) is 11.3 Å². The highest BCUT2D eigenvalue weighted by atomic mass is 32.1. The molecule has 0 aromatic carbocycles. The highest BCUT2D eigenvalue weighted by Crippen LogP contribution is 2.34. The lowest BCUT2D eigenvalue weighted by Gasteiger charge is -2.36. The first-order valence-corrected chi connectivity index (χ1v) is 10.2. The fourth-order valence-electron chi connectivity index (χ4n) is 3.71. The van der Waals surface area contributed by atoms with Crippen molar-refractivity contribution in [1.29, 1.82) is 0 Å². The summed E-state index contributed by atoms with van der Waals surface area (Å²) in [7, 11) is 0. The van der Waals surface area contributed by atoms with Crippen LogP contribution in [0.4, 0.5) is 5.00 Å². The second-order valence-electron chi connectivity index (χ2n) is 6.76. The van der Waals surface area contributed by atoms with E-state index in [4.69, 9.17) is 9.72 Å². The Labute approximate surface area is 158 Å². The van der Waals surface area contributed by atoms with Crippen molar-refractivity contribution >= 4 is 28.2 Å². The van der Waals surface area contributed by atoms with E-state index in [9.17, 15) is 0 Å². The van der Waals surface area contributed by atoms with Gasteiger partial charge in [-0.1, -0.05) is 0 Å². The Morgan fingerprint density at radius 2 is 2.35 bits per heavy atom. The highest BCUT2D eigenvalue weighted by molar-refractivity contribution is 7.16. The van der Waals surface area contributed by atoms with Crippen molar-refractivity contribution in [2.45, 2.75) is 26.3 Å². The van der Waals surface area contributed by atoms with Crippen LogP contribution in [0.5, 0.6) is 0 Å². The van der Waals surface area contributed by atoms with Gasteiger partial charge in [0, 0.05) is 66.9 Å². The third-order valence-electron chi connectivity index (χ3n) is 4.92. The average Bonchev–Trinajstić information content (AvgIpc) is 2.95. The Morgan fingerprint density at radius 1 is 1.42 bits per heavy atom. The van der Waals surface area contributed by atoms with E-state index >= 15 is 0 Å². The van der Waals surface area contributed by atoms with Gasteiger partial charge in [-0.15, -0.1) is 11.3 Å². The summed E-state index contributed by atoms with van der Waals surface area (Å²) >= 11 is 1.81. The van der Waals surface area contributed by atoms with E-state index in [0.29, 0.717) is 6.04 Å². The number of hydrogen-bond donors (Lipinski definition) is 2. The van der Waals surface area contributed by atoms with Crippen LogP contribution in [0.1, 0.15) is 23.8 Å². The maximum Gasteiger partial charge on any atom is 0.102 e. The van der Waals surface area contributed by atoms with E-state index in [0.717, 1.165) is 49.8 Å². The molecule has 0 aliphatic carbocycles. The number of pyridine rings is 1. The average molecular weight is 371 g/mol. The summed E-state index contributed by atoms with van der Waals surface area (Å²) in [5.74, 6) is 0. The number of aryl methyl sites for hydroxylation is 1. The molecule has 138 valence electrons. The number of nitrogens with one attached hydrogen (secondary N) is 2. The molecule has 1 saturated heterocycles. The predicted molar refractivity (Wildman–Crippen MR) is 108 cm³/mol. The van der Waals surface area contributed by atoms with Crippen molar-refractivity contribution in [1.82, 2.24) is 15.2 Å². The third kappa shape index (κ3) is 3.49. The number of thiophene rings is 1. The molecule has 1 atom stereocenters. The molecule has 2 aliphatic rings. The molecule has 26 heavy (non-hydrogen) atoms. The minimum atomic E-state index is 0.443. The standard InChI is InChI=1S/C20H26N4OS/c1-3-25-10-6-16-13-24(9-8-21-16)19-17-11-14(2)26-20(17)23-12-15-5-4-7-22-18(15)19/h4-5,7,11-12,16,21,23H,3,6,8-10,13H2,1-2H3. The van der Waals surface area contributed by atoms with Crippen LogP contribution >= 0.6 is 11.3 Å². The fraction of sp³-hybridized carbons (Fsp3) is 0.450. The number of nitrogens with zero attached hydrogens (tertiary/aromatic N) is 2. The summed E-state index contributed by atoms with van der Waals surface area (Å²) in [5, 5.41) is 10.6. The SMILES string of the molecule is CCOCCC1CN(C2=c3ncccc3=CNc3sc(C)cc32)CCN1. The second-order valence-corrected chi connectivity index (χ2v) is 8.02. The number of aromatic nitrogens is 1. The van der Waals surface area contributed by atoms with Crippen molar-refractivity contribution in [3.05, 3.63) is 45.4 Å². The lowest BCUT2D eigenvalue weighted by atomic mass is 10.1. The van der Waals surface area contributed by atoms with Gasteiger partial charge in [0.05, 0.1) is 11.0 Å². The first kappa shape index (κ1) is 17.5. The summed E-state index contributed by atoms with van der Waals surface area (Å²) in [6, 6.07) is 6.87. The number of ether oxygens (including phenoxy) is 1. The molecule has 2 aromatic rings. The number of anilines is 1. The minimum Gasteiger partial charge on any atom is -0.382 e. The quantitative estimate of drug-likeness (QED) is 0.781. The molecular formula is C20H26N4OS. The number of fused-ring (bicyclic) bond motifs is 2. The van der Waals surface area contributed by atoms with Crippen LogP contribution in [0.3, 0.4) is 0 Å². The zero-order valence-corrected chi connectivity index (χ0v) is 16.2. The van der Waals surface area contributed by atoms with Crippen molar-refractivity contribution in [3.8, 4) is 0 Å². The highest BCUT2D eigenvalue weighted by Gasteiger charge is 2.26. The molecule has 1 fully saturated rings. The summed E-state index contributed by atoms with van der Waals surface area (Å²) < 4.78 is 5.56. The Balaban J connectivity index is 1.73. The molecule has 2 aliphatic heterocycles. The second kappa shape index (κ2) is 7.78. The van der Waals surface area contributed by atoms with Crippen LogP contribution in [-0.2, 0) is 4.74 Å². The Kier molecular flexibility index (Phi) is 5.24. The zero-order valence-electron chi connectivity index (χ0n) is 15.4. The van der Waals surface area contributed by atoms with Gasteiger partial charge < -0.3 is 20.3 Å². The summed E-state index contributed by atoms with van der Waals surface area (Å²) in [6.07, 6.45) is 5.01. The molecule has 0 radical (unpaired) electrons. The first-order chi connectivity index (χ1) is 12.8. The van der Waals surface area contributed by atoms with Gasteiger partial charge >= 0.3 is 0 Å². The van der Waals surface area contributed by atoms with Crippen LogP contribution in [-0.4, -0.2) is 48.8 Å². The fourth-order valence-corrected chi connectivity index (χ4v) is 4.59. The molecule has 4 heterocycles. The molecule has 0 bridgehead atoms. The first-order valence-electron chi connectivity index (χ1n) is 9.35. The molecule has 1 unspecified atom stereocenters. The maximum atomic E-state index is 5.56. The lowest BCUT2D eigenvalue weighted by Crippen LogP contribution is -2.52. The molecule has 2 N–H and O–H groups in total. The van der Waals surface area contributed by atoms with Crippen molar-refractivity contribution in [3.63, 3.8) is 0 Å². The van der Waals surface area contributed by atoms with E-state index in [-0.39, 0.29) is 0 Å². The summed E-state index contributed by atoms with van der Waals surface area (Å²) in [5.41, 5.74) is 2.52. The molecule has 0 spiro atoms. The van der Waals surface area contributed by atoms with Gasteiger partial charge in [0.1, 0.15) is 5.00 Å². The van der Waals surface area contributed by atoms with Crippen LogP contribution in [0, 0.1) is 6.92 Å². The topological polar surface area (TPSA) is 49.4 Å². The van der Waals surface area contributed by atoms with Gasteiger partial charge in [-0.25, -0.2) is 0 Å². The smallest absolute Gasteiger partial charge is 0.102 e. The van der Waals surface area contributed by atoms with Crippen molar-refractivity contribution < 1.29 is 4.74 Å². The number of piperazine rings is 1. The lowest BCUT2D eigenvalue weighted by molar-refractivity contribution is 0.127. The summed E-state index contributed by atoms with van der Waals surface area (Å²) in [6.45, 7) is 8.76. The summed E-state index contributed by atoms with van der Waals surface area (Å²) in [4.78, 5) is 8.57.